The third kappa shape index (κ3) is 4.18. The quantitative estimate of drug-likeness (QED) is 0.552. The summed E-state index contributed by atoms with van der Waals surface area (Å²) in [6, 6.07) is 5.54. The molecule has 1 aliphatic rings. The Bertz CT molecular complexity index is 708. The highest BCUT2D eigenvalue weighted by molar-refractivity contribution is 9.10. The lowest BCUT2D eigenvalue weighted by Crippen LogP contribution is -2.28. The SMILES string of the molecule is C#CCN1C(=O)S/C(=C/c2ccc(OC(C)CC)c(Br)c2)C1=O. The molecule has 4 nitrogen and oxygen atoms in total. The summed E-state index contributed by atoms with van der Waals surface area (Å²) in [5.41, 5.74) is 0.805. The van der Waals surface area contributed by atoms with Gasteiger partial charge in [-0.1, -0.05) is 18.9 Å². The van der Waals surface area contributed by atoms with E-state index in [2.05, 4.69) is 28.8 Å². The van der Waals surface area contributed by atoms with Crippen molar-refractivity contribution >= 4 is 44.9 Å². The zero-order chi connectivity index (χ0) is 17.0. The van der Waals surface area contributed by atoms with Gasteiger partial charge in [0.1, 0.15) is 5.75 Å². The molecule has 1 atom stereocenters. The summed E-state index contributed by atoms with van der Waals surface area (Å²) in [5.74, 6) is 2.71. The molecule has 0 spiro atoms. The first-order valence-electron chi connectivity index (χ1n) is 7.11. The summed E-state index contributed by atoms with van der Waals surface area (Å²) in [4.78, 5) is 25.3. The van der Waals surface area contributed by atoms with Gasteiger partial charge in [-0.3, -0.25) is 14.5 Å². The van der Waals surface area contributed by atoms with Crippen molar-refractivity contribution in [2.45, 2.75) is 26.4 Å². The van der Waals surface area contributed by atoms with E-state index in [9.17, 15) is 9.59 Å². The first-order chi connectivity index (χ1) is 11.0. The summed E-state index contributed by atoms with van der Waals surface area (Å²) in [5, 5.41) is -0.338. The first-order valence-corrected chi connectivity index (χ1v) is 8.72. The number of terminal acetylenes is 1. The molecule has 2 rings (SSSR count). The Morgan fingerprint density at radius 1 is 1.48 bits per heavy atom. The molecular formula is C17H16BrNO3S. The first kappa shape index (κ1) is 17.6. The monoisotopic (exact) mass is 393 g/mol. The Morgan fingerprint density at radius 3 is 2.83 bits per heavy atom. The van der Waals surface area contributed by atoms with E-state index in [1.54, 1.807) is 6.08 Å². The van der Waals surface area contributed by atoms with Gasteiger partial charge < -0.3 is 4.74 Å². The van der Waals surface area contributed by atoms with Crippen LogP contribution in [-0.4, -0.2) is 28.7 Å². The molecule has 0 bridgehead atoms. The fourth-order valence-corrected chi connectivity index (χ4v) is 3.21. The Balaban J connectivity index is 2.21. The van der Waals surface area contributed by atoms with Gasteiger partial charge in [0, 0.05) is 0 Å². The largest absolute Gasteiger partial charge is 0.490 e. The lowest BCUT2D eigenvalue weighted by molar-refractivity contribution is -0.122. The van der Waals surface area contributed by atoms with Gasteiger partial charge in [0.25, 0.3) is 11.1 Å². The summed E-state index contributed by atoms with van der Waals surface area (Å²) < 4.78 is 6.58. The van der Waals surface area contributed by atoms with Gasteiger partial charge in [0.15, 0.2) is 0 Å². The maximum atomic E-state index is 12.1. The van der Waals surface area contributed by atoms with Gasteiger partial charge in [-0.25, -0.2) is 0 Å². The number of carbonyl (C=O) groups excluding carboxylic acids is 2. The van der Waals surface area contributed by atoms with E-state index >= 15 is 0 Å². The minimum absolute atomic E-state index is 0.00656. The van der Waals surface area contributed by atoms with Crippen molar-refractivity contribution in [3.8, 4) is 18.1 Å². The number of ether oxygens (including phenoxy) is 1. The van der Waals surface area contributed by atoms with E-state index in [-0.39, 0.29) is 23.8 Å². The van der Waals surface area contributed by atoms with Crippen molar-refractivity contribution < 1.29 is 14.3 Å². The highest BCUT2D eigenvalue weighted by atomic mass is 79.9. The van der Waals surface area contributed by atoms with Crippen LogP contribution in [0.25, 0.3) is 6.08 Å². The van der Waals surface area contributed by atoms with Crippen LogP contribution in [0.4, 0.5) is 4.79 Å². The minimum Gasteiger partial charge on any atom is -0.490 e. The highest BCUT2D eigenvalue weighted by Gasteiger charge is 2.34. The topological polar surface area (TPSA) is 46.6 Å². The van der Waals surface area contributed by atoms with E-state index in [0.717, 1.165) is 38.9 Å². The Labute approximate surface area is 148 Å². The molecule has 23 heavy (non-hydrogen) atoms. The van der Waals surface area contributed by atoms with Crippen molar-refractivity contribution in [1.82, 2.24) is 4.90 Å². The molecule has 1 aromatic rings. The smallest absolute Gasteiger partial charge is 0.294 e. The highest BCUT2D eigenvalue weighted by Crippen LogP contribution is 2.33. The van der Waals surface area contributed by atoms with Gasteiger partial charge in [-0.2, -0.15) is 0 Å². The molecule has 1 fully saturated rings. The number of nitrogens with zero attached hydrogens (tertiary/aromatic N) is 1. The molecule has 0 N–H and O–H groups in total. The van der Waals surface area contributed by atoms with E-state index in [0.29, 0.717) is 4.91 Å². The summed E-state index contributed by atoms with van der Waals surface area (Å²) in [6.07, 6.45) is 7.89. The van der Waals surface area contributed by atoms with Crippen molar-refractivity contribution in [2.75, 3.05) is 6.54 Å². The predicted molar refractivity (Wildman–Crippen MR) is 96.0 cm³/mol. The van der Waals surface area contributed by atoms with Crippen molar-refractivity contribution in [3.63, 3.8) is 0 Å². The molecule has 2 amide bonds. The number of imide groups is 1. The number of rotatable bonds is 5. The second-order valence-corrected chi connectivity index (χ2v) is 6.85. The molecule has 1 aromatic carbocycles. The zero-order valence-corrected chi connectivity index (χ0v) is 15.2. The summed E-state index contributed by atoms with van der Waals surface area (Å²) in [6.45, 7) is 4.05. The number of hydrogen-bond donors (Lipinski definition) is 0. The Morgan fingerprint density at radius 2 is 2.22 bits per heavy atom. The Hall–Kier alpha value is -1.71. The fourth-order valence-electron chi connectivity index (χ4n) is 1.88. The van der Waals surface area contributed by atoms with E-state index < -0.39 is 0 Å². The molecular weight excluding hydrogens is 378 g/mol. The molecule has 1 saturated heterocycles. The fraction of sp³-hybridized carbons (Fsp3) is 0.294. The van der Waals surface area contributed by atoms with Crippen LogP contribution in [0.3, 0.4) is 0 Å². The van der Waals surface area contributed by atoms with Gasteiger partial charge in [-0.05, 0) is 64.8 Å². The molecule has 1 aliphatic heterocycles. The number of carbonyl (C=O) groups is 2. The van der Waals surface area contributed by atoms with Gasteiger partial charge >= 0.3 is 0 Å². The van der Waals surface area contributed by atoms with E-state index in [4.69, 9.17) is 11.2 Å². The normalized spacial score (nSPS) is 17.5. The lowest BCUT2D eigenvalue weighted by atomic mass is 10.2. The zero-order valence-electron chi connectivity index (χ0n) is 12.8. The predicted octanol–water partition coefficient (Wildman–Crippen LogP) is 4.30. The molecule has 0 aromatic heterocycles. The molecule has 1 heterocycles. The average Bonchev–Trinajstić information content (AvgIpc) is 2.78. The molecule has 0 aliphatic carbocycles. The summed E-state index contributed by atoms with van der Waals surface area (Å²) in [7, 11) is 0. The van der Waals surface area contributed by atoms with Crippen molar-refractivity contribution in [2.24, 2.45) is 0 Å². The number of thioether (sulfide) groups is 1. The van der Waals surface area contributed by atoms with Crippen LogP contribution in [0.5, 0.6) is 5.75 Å². The van der Waals surface area contributed by atoms with Crippen LogP contribution in [0.15, 0.2) is 27.6 Å². The van der Waals surface area contributed by atoms with Crippen molar-refractivity contribution in [3.05, 3.63) is 33.1 Å². The van der Waals surface area contributed by atoms with Crippen molar-refractivity contribution in [1.29, 1.82) is 0 Å². The molecule has 0 saturated carbocycles. The third-order valence-corrected chi connectivity index (χ3v) is 4.81. The maximum Gasteiger partial charge on any atom is 0.294 e. The molecule has 1 unspecified atom stereocenters. The Kier molecular flexibility index (Phi) is 5.91. The second-order valence-electron chi connectivity index (χ2n) is 5.00. The van der Waals surface area contributed by atoms with Crippen LogP contribution >= 0.6 is 27.7 Å². The molecule has 6 heteroatoms. The number of hydrogen-bond acceptors (Lipinski definition) is 4. The van der Waals surface area contributed by atoms with Crippen LogP contribution in [0.2, 0.25) is 0 Å². The van der Waals surface area contributed by atoms with Crippen LogP contribution in [-0.2, 0) is 4.79 Å². The number of amides is 2. The van der Waals surface area contributed by atoms with Gasteiger partial charge in [0.05, 0.1) is 22.0 Å². The molecule has 120 valence electrons. The van der Waals surface area contributed by atoms with Crippen LogP contribution in [0.1, 0.15) is 25.8 Å². The van der Waals surface area contributed by atoms with Gasteiger partial charge in [0.2, 0.25) is 0 Å². The average molecular weight is 394 g/mol. The third-order valence-electron chi connectivity index (χ3n) is 3.28. The summed E-state index contributed by atoms with van der Waals surface area (Å²) >= 11 is 4.37. The second kappa shape index (κ2) is 7.71. The molecule has 0 radical (unpaired) electrons. The van der Waals surface area contributed by atoms with Crippen LogP contribution < -0.4 is 4.74 Å². The lowest BCUT2D eigenvalue weighted by Gasteiger charge is -2.14. The standard InChI is InChI=1S/C17H16BrNO3S/c1-4-8-19-16(20)15(23-17(19)21)10-12-6-7-14(13(18)9-12)22-11(3)5-2/h1,6-7,9-11H,5,8H2,2-3H3/b15-10+. The van der Waals surface area contributed by atoms with E-state index in [1.807, 2.05) is 25.1 Å². The van der Waals surface area contributed by atoms with E-state index in [1.165, 1.54) is 0 Å². The number of halogens is 1. The minimum atomic E-state index is -0.353. The maximum absolute atomic E-state index is 12.1. The number of benzene rings is 1. The van der Waals surface area contributed by atoms with Gasteiger partial charge in [-0.15, -0.1) is 6.42 Å². The van der Waals surface area contributed by atoms with Crippen LogP contribution in [0, 0.1) is 12.3 Å².